The summed E-state index contributed by atoms with van der Waals surface area (Å²) in [7, 11) is 1.59. The number of nitrogens with one attached hydrogen (secondary N) is 3. The van der Waals surface area contributed by atoms with Gasteiger partial charge in [-0.05, 0) is 42.7 Å². The molecule has 1 saturated heterocycles. The third-order valence-corrected chi connectivity index (χ3v) is 4.31. The number of hydrogen-bond acceptors (Lipinski definition) is 4. The van der Waals surface area contributed by atoms with E-state index >= 15 is 0 Å². The van der Waals surface area contributed by atoms with E-state index in [9.17, 15) is 9.59 Å². The Hall–Kier alpha value is -3.09. The molecule has 0 saturated carbocycles. The minimum Gasteiger partial charge on any atom is -0.357 e. The standard InChI is InChI=1S/C19H23N5O2/c1-20-18(25)15-6-4-5-14(11-15)12-22-19(26)23-16-7-8-17(21-13-16)24-9-2-3-10-24/h4-8,11,13H,2-3,9-10,12H2,1H3,(H,20,25)(H2,22,23,26). The molecule has 0 unspecified atom stereocenters. The van der Waals surface area contributed by atoms with Gasteiger partial charge in [-0.25, -0.2) is 9.78 Å². The molecule has 2 aromatic rings. The summed E-state index contributed by atoms with van der Waals surface area (Å²) >= 11 is 0. The van der Waals surface area contributed by atoms with Crippen LogP contribution >= 0.6 is 0 Å². The number of pyridine rings is 1. The molecule has 1 aliphatic heterocycles. The van der Waals surface area contributed by atoms with E-state index in [2.05, 4.69) is 25.8 Å². The van der Waals surface area contributed by atoms with E-state index in [0.717, 1.165) is 24.5 Å². The number of amides is 3. The summed E-state index contributed by atoms with van der Waals surface area (Å²) in [5.74, 6) is 0.792. The summed E-state index contributed by atoms with van der Waals surface area (Å²) in [5, 5.41) is 8.13. The highest BCUT2D eigenvalue weighted by molar-refractivity contribution is 5.94. The molecule has 1 aliphatic rings. The average molecular weight is 353 g/mol. The van der Waals surface area contributed by atoms with E-state index in [-0.39, 0.29) is 11.9 Å². The van der Waals surface area contributed by atoms with Gasteiger partial charge in [0.05, 0.1) is 11.9 Å². The Kier molecular flexibility index (Phi) is 5.68. The lowest BCUT2D eigenvalue weighted by Crippen LogP contribution is -2.28. The van der Waals surface area contributed by atoms with Gasteiger partial charge in [-0.2, -0.15) is 0 Å². The molecule has 3 N–H and O–H groups in total. The van der Waals surface area contributed by atoms with E-state index in [0.29, 0.717) is 17.8 Å². The summed E-state index contributed by atoms with van der Waals surface area (Å²) in [5.41, 5.74) is 2.06. The van der Waals surface area contributed by atoms with Crippen LogP contribution < -0.4 is 20.9 Å². The van der Waals surface area contributed by atoms with Crippen molar-refractivity contribution in [2.24, 2.45) is 0 Å². The quantitative estimate of drug-likeness (QED) is 0.770. The second-order valence-corrected chi connectivity index (χ2v) is 6.19. The van der Waals surface area contributed by atoms with Crippen LogP contribution in [0.3, 0.4) is 0 Å². The van der Waals surface area contributed by atoms with Crippen molar-refractivity contribution < 1.29 is 9.59 Å². The molecule has 0 radical (unpaired) electrons. The predicted molar refractivity (Wildman–Crippen MR) is 101 cm³/mol. The van der Waals surface area contributed by atoms with Crippen LogP contribution in [-0.2, 0) is 6.54 Å². The Morgan fingerprint density at radius 1 is 1.15 bits per heavy atom. The maximum Gasteiger partial charge on any atom is 0.319 e. The summed E-state index contributed by atoms with van der Waals surface area (Å²) in [4.78, 5) is 30.4. The molecule has 7 nitrogen and oxygen atoms in total. The van der Waals surface area contributed by atoms with Crippen molar-refractivity contribution in [2.45, 2.75) is 19.4 Å². The molecule has 0 atom stereocenters. The normalized spacial score (nSPS) is 13.3. The van der Waals surface area contributed by atoms with Crippen molar-refractivity contribution in [3.63, 3.8) is 0 Å². The zero-order valence-electron chi connectivity index (χ0n) is 14.8. The molecule has 2 heterocycles. The first-order valence-electron chi connectivity index (χ1n) is 8.72. The summed E-state index contributed by atoms with van der Waals surface area (Å²) in [6.45, 7) is 2.40. The molecule has 3 rings (SSSR count). The van der Waals surface area contributed by atoms with Crippen LogP contribution in [0.1, 0.15) is 28.8 Å². The summed E-state index contributed by atoms with van der Waals surface area (Å²) in [6.07, 6.45) is 4.07. The van der Waals surface area contributed by atoms with Crippen LogP contribution in [0.25, 0.3) is 0 Å². The third-order valence-electron chi connectivity index (χ3n) is 4.31. The van der Waals surface area contributed by atoms with Crippen molar-refractivity contribution in [2.75, 3.05) is 30.4 Å². The van der Waals surface area contributed by atoms with E-state index in [1.54, 1.807) is 31.4 Å². The van der Waals surface area contributed by atoms with Gasteiger partial charge in [0.1, 0.15) is 5.82 Å². The number of carbonyl (C=O) groups is 2. The fourth-order valence-corrected chi connectivity index (χ4v) is 2.92. The highest BCUT2D eigenvalue weighted by Crippen LogP contribution is 2.19. The van der Waals surface area contributed by atoms with Crippen LogP contribution in [0.4, 0.5) is 16.3 Å². The van der Waals surface area contributed by atoms with Crippen molar-refractivity contribution in [3.8, 4) is 0 Å². The van der Waals surface area contributed by atoms with Gasteiger partial charge in [0.25, 0.3) is 5.91 Å². The lowest BCUT2D eigenvalue weighted by atomic mass is 10.1. The Labute approximate surface area is 152 Å². The largest absolute Gasteiger partial charge is 0.357 e. The van der Waals surface area contributed by atoms with Crippen molar-refractivity contribution >= 4 is 23.4 Å². The fraction of sp³-hybridized carbons (Fsp3) is 0.316. The average Bonchev–Trinajstić information content (AvgIpc) is 3.21. The monoisotopic (exact) mass is 353 g/mol. The molecular formula is C19H23N5O2. The van der Waals surface area contributed by atoms with Crippen molar-refractivity contribution in [1.82, 2.24) is 15.6 Å². The lowest BCUT2D eigenvalue weighted by molar-refractivity contribution is 0.0963. The van der Waals surface area contributed by atoms with E-state index in [1.165, 1.54) is 12.8 Å². The molecule has 1 aromatic heterocycles. The van der Waals surface area contributed by atoms with Gasteiger partial charge in [0.15, 0.2) is 0 Å². The Balaban J connectivity index is 1.52. The molecule has 0 spiro atoms. The zero-order chi connectivity index (χ0) is 18.4. The number of rotatable bonds is 5. The third kappa shape index (κ3) is 4.50. The highest BCUT2D eigenvalue weighted by Gasteiger charge is 2.13. The highest BCUT2D eigenvalue weighted by atomic mass is 16.2. The predicted octanol–water partition coefficient (Wildman–Crippen LogP) is 2.36. The van der Waals surface area contributed by atoms with E-state index < -0.39 is 0 Å². The molecule has 0 bridgehead atoms. The number of aromatic nitrogens is 1. The molecule has 1 aromatic carbocycles. The fourth-order valence-electron chi connectivity index (χ4n) is 2.92. The molecule has 1 fully saturated rings. The molecule has 26 heavy (non-hydrogen) atoms. The van der Waals surface area contributed by atoms with Crippen molar-refractivity contribution in [1.29, 1.82) is 0 Å². The van der Waals surface area contributed by atoms with E-state index in [1.807, 2.05) is 18.2 Å². The van der Waals surface area contributed by atoms with Gasteiger partial charge >= 0.3 is 6.03 Å². The topological polar surface area (TPSA) is 86.4 Å². The van der Waals surface area contributed by atoms with Crippen molar-refractivity contribution in [3.05, 3.63) is 53.7 Å². The van der Waals surface area contributed by atoms with Crippen LogP contribution in [0.15, 0.2) is 42.6 Å². The first-order valence-corrected chi connectivity index (χ1v) is 8.72. The van der Waals surface area contributed by atoms with Crippen LogP contribution in [0, 0.1) is 0 Å². The number of anilines is 2. The Bertz CT molecular complexity index is 770. The number of urea groups is 1. The number of hydrogen-bond donors (Lipinski definition) is 3. The SMILES string of the molecule is CNC(=O)c1cccc(CNC(=O)Nc2ccc(N3CCCC3)nc2)c1. The molecule has 0 aliphatic carbocycles. The first-order chi connectivity index (χ1) is 12.7. The number of benzene rings is 1. The van der Waals surface area contributed by atoms with Crippen LogP contribution in [0.2, 0.25) is 0 Å². The van der Waals surface area contributed by atoms with Gasteiger partial charge in [0.2, 0.25) is 0 Å². The van der Waals surface area contributed by atoms with Crippen LogP contribution in [0.5, 0.6) is 0 Å². The molecular weight excluding hydrogens is 330 g/mol. The second-order valence-electron chi connectivity index (χ2n) is 6.19. The van der Waals surface area contributed by atoms with Gasteiger partial charge in [-0.3, -0.25) is 4.79 Å². The Morgan fingerprint density at radius 2 is 1.96 bits per heavy atom. The number of carbonyl (C=O) groups excluding carboxylic acids is 2. The maximum absolute atomic E-state index is 12.1. The van der Waals surface area contributed by atoms with Gasteiger partial charge in [0, 0.05) is 32.2 Å². The van der Waals surface area contributed by atoms with Crippen LogP contribution in [-0.4, -0.2) is 37.1 Å². The summed E-state index contributed by atoms with van der Waals surface area (Å²) < 4.78 is 0. The molecule has 3 amide bonds. The zero-order valence-corrected chi connectivity index (χ0v) is 14.8. The van der Waals surface area contributed by atoms with Gasteiger partial charge in [-0.1, -0.05) is 12.1 Å². The lowest BCUT2D eigenvalue weighted by Gasteiger charge is -2.16. The smallest absolute Gasteiger partial charge is 0.319 e. The molecule has 136 valence electrons. The Morgan fingerprint density at radius 3 is 2.65 bits per heavy atom. The van der Waals surface area contributed by atoms with Gasteiger partial charge < -0.3 is 20.9 Å². The van der Waals surface area contributed by atoms with Gasteiger partial charge in [-0.15, -0.1) is 0 Å². The maximum atomic E-state index is 12.1. The minimum atomic E-state index is -0.314. The second kappa shape index (κ2) is 8.33. The minimum absolute atomic E-state index is 0.152. The molecule has 7 heteroatoms. The van der Waals surface area contributed by atoms with E-state index in [4.69, 9.17) is 0 Å². The first kappa shape index (κ1) is 17.7. The summed E-state index contributed by atoms with van der Waals surface area (Å²) in [6, 6.07) is 10.6. The number of nitrogens with zero attached hydrogens (tertiary/aromatic N) is 2.